The van der Waals surface area contributed by atoms with E-state index < -0.39 is 16.2 Å². The van der Waals surface area contributed by atoms with Crippen molar-refractivity contribution in [1.82, 2.24) is 4.98 Å². The van der Waals surface area contributed by atoms with Crippen LogP contribution in [0.15, 0.2) is 12.1 Å². The summed E-state index contributed by atoms with van der Waals surface area (Å²) >= 11 is 1.40. The number of carbonyl (C=O) groups is 1. The van der Waals surface area contributed by atoms with E-state index in [0.717, 1.165) is 9.71 Å². The van der Waals surface area contributed by atoms with Crippen LogP contribution in [0.4, 0.5) is 11.4 Å². The van der Waals surface area contributed by atoms with Crippen LogP contribution in [0.1, 0.15) is 18.9 Å². The monoisotopic (exact) mass is 308 g/mol. The maximum atomic E-state index is 11.3. The Kier molecular flexibility index (Phi) is 3.82. The highest BCUT2D eigenvalue weighted by Crippen LogP contribution is 2.33. The average molecular weight is 308 g/mol. The molecule has 2 aromatic rings. The minimum atomic E-state index is -0.805. The molecule has 21 heavy (non-hydrogen) atoms. The maximum Gasteiger partial charge on any atom is 0.293 e. The van der Waals surface area contributed by atoms with Crippen molar-refractivity contribution in [2.75, 3.05) is 11.9 Å². The van der Waals surface area contributed by atoms with Crippen molar-refractivity contribution in [3.8, 4) is 0 Å². The SMILES string of the molecule is Cc1nc2cc(NCC(C)(C)C(N)=O)c([N+](=O)[O-])cc2s1. The number of aryl methyl sites for hydroxylation is 1. The van der Waals surface area contributed by atoms with E-state index in [9.17, 15) is 14.9 Å². The molecule has 0 radical (unpaired) electrons. The summed E-state index contributed by atoms with van der Waals surface area (Å²) in [4.78, 5) is 26.4. The lowest BCUT2D eigenvalue weighted by Gasteiger charge is -2.21. The van der Waals surface area contributed by atoms with Crippen LogP contribution in [0, 0.1) is 22.5 Å². The fraction of sp³-hybridized carbons (Fsp3) is 0.385. The third kappa shape index (κ3) is 3.10. The molecule has 3 N–H and O–H groups in total. The molecule has 8 heteroatoms. The van der Waals surface area contributed by atoms with Gasteiger partial charge in [-0.2, -0.15) is 0 Å². The Bertz CT molecular complexity index is 724. The summed E-state index contributed by atoms with van der Waals surface area (Å²) in [5.41, 5.74) is 5.50. The predicted molar refractivity (Wildman–Crippen MR) is 82.5 cm³/mol. The first kappa shape index (κ1) is 15.2. The van der Waals surface area contributed by atoms with Crippen molar-refractivity contribution >= 4 is 38.8 Å². The number of carbonyl (C=O) groups excluding carboxylic acids is 1. The molecule has 0 atom stereocenters. The summed E-state index contributed by atoms with van der Waals surface area (Å²) in [6, 6.07) is 3.13. The Morgan fingerprint density at radius 2 is 2.19 bits per heavy atom. The van der Waals surface area contributed by atoms with Crippen molar-refractivity contribution in [2.45, 2.75) is 20.8 Å². The smallest absolute Gasteiger partial charge is 0.293 e. The molecule has 0 aliphatic carbocycles. The van der Waals surface area contributed by atoms with Crippen molar-refractivity contribution in [3.05, 3.63) is 27.3 Å². The second-order valence-corrected chi connectivity index (χ2v) is 6.66. The summed E-state index contributed by atoms with van der Waals surface area (Å²) in [5, 5.41) is 15.0. The number of hydrogen-bond acceptors (Lipinski definition) is 6. The maximum absolute atomic E-state index is 11.3. The average Bonchev–Trinajstić information content (AvgIpc) is 2.73. The standard InChI is InChI=1S/C13H16N4O3S/c1-7-16-9-4-8(15-6-13(2,3)12(14)18)10(17(19)20)5-11(9)21-7/h4-5,15H,6H2,1-3H3,(H2,14,18). The van der Waals surface area contributed by atoms with Gasteiger partial charge in [-0.3, -0.25) is 14.9 Å². The number of hydrogen-bond donors (Lipinski definition) is 2. The van der Waals surface area contributed by atoms with Crippen LogP contribution in [-0.4, -0.2) is 22.4 Å². The molecule has 0 spiro atoms. The number of amides is 1. The van der Waals surface area contributed by atoms with Gasteiger partial charge in [0.1, 0.15) is 5.69 Å². The van der Waals surface area contributed by atoms with Crippen LogP contribution in [0.25, 0.3) is 10.2 Å². The molecule has 2 rings (SSSR count). The van der Waals surface area contributed by atoms with E-state index in [1.54, 1.807) is 19.9 Å². The van der Waals surface area contributed by atoms with E-state index in [4.69, 9.17) is 5.73 Å². The number of rotatable bonds is 5. The lowest BCUT2D eigenvalue weighted by molar-refractivity contribution is -0.383. The normalized spacial score (nSPS) is 11.6. The zero-order chi connectivity index (χ0) is 15.8. The van der Waals surface area contributed by atoms with Crippen LogP contribution in [-0.2, 0) is 4.79 Å². The minimum Gasteiger partial charge on any atom is -0.378 e. The van der Waals surface area contributed by atoms with Gasteiger partial charge in [0.05, 0.1) is 25.6 Å². The van der Waals surface area contributed by atoms with Gasteiger partial charge in [-0.25, -0.2) is 4.98 Å². The molecule has 1 aromatic heterocycles. The molecule has 1 amide bonds. The summed E-state index contributed by atoms with van der Waals surface area (Å²) in [6.07, 6.45) is 0. The van der Waals surface area contributed by atoms with Crippen LogP contribution in [0.3, 0.4) is 0 Å². The molecular weight excluding hydrogens is 292 g/mol. The van der Waals surface area contributed by atoms with Crippen LogP contribution in [0.2, 0.25) is 0 Å². The number of thiazole rings is 1. The summed E-state index contributed by atoms with van der Waals surface area (Å²) < 4.78 is 0.763. The Hall–Kier alpha value is -2.22. The third-order valence-corrected chi connectivity index (χ3v) is 4.13. The lowest BCUT2D eigenvalue weighted by Crippen LogP contribution is -2.37. The summed E-state index contributed by atoms with van der Waals surface area (Å²) in [7, 11) is 0. The van der Waals surface area contributed by atoms with Crippen molar-refractivity contribution in [3.63, 3.8) is 0 Å². The predicted octanol–water partition coefficient (Wildman–Crippen LogP) is 2.44. The number of primary amides is 1. The first-order valence-electron chi connectivity index (χ1n) is 6.30. The van der Waals surface area contributed by atoms with E-state index in [2.05, 4.69) is 10.3 Å². The van der Waals surface area contributed by atoms with E-state index in [1.165, 1.54) is 17.4 Å². The molecule has 0 saturated heterocycles. The molecule has 1 heterocycles. The van der Waals surface area contributed by atoms with Gasteiger partial charge >= 0.3 is 0 Å². The highest BCUT2D eigenvalue weighted by atomic mass is 32.1. The highest BCUT2D eigenvalue weighted by molar-refractivity contribution is 7.18. The van der Waals surface area contributed by atoms with Gasteiger partial charge in [-0.05, 0) is 26.8 Å². The molecular formula is C13H16N4O3S. The fourth-order valence-electron chi connectivity index (χ4n) is 1.77. The van der Waals surface area contributed by atoms with Gasteiger partial charge in [0.15, 0.2) is 0 Å². The van der Waals surface area contributed by atoms with Gasteiger partial charge in [0.2, 0.25) is 5.91 Å². The number of fused-ring (bicyclic) bond motifs is 1. The molecule has 0 bridgehead atoms. The van der Waals surface area contributed by atoms with E-state index in [-0.39, 0.29) is 12.2 Å². The molecule has 112 valence electrons. The fourth-order valence-corrected chi connectivity index (χ4v) is 2.62. The second-order valence-electron chi connectivity index (χ2n) is 5.43. The Balaban J connectivity index is 2.39. The Labute approximate surface area is 125 Å². The molecule has 7 nitrogen and oxygen atoms in total. The van der Waals surface area contributed by atoms with Crippen molar-refractivity contribution in [2.24, 2.45) is 11.1 Å². The Morgan fingerprint density at radius 1 is 1.52 bits per heavy atom. The van der Waals surface area contributed by atoms with Gasteiger partial charge in [-0.15, -0.1) is 11.3 Å². The van der Waals surface area contributed by atoms with Gasteiger partial charge in [0, 0.05) is 12.6 Å². The third-order valence-electron chi connectivity index (χ3n) is 3.20. The summed E-state index contributed by atoms with van der Waals surface area (Å²) in [5.74, 6) is -0.469. The molecule has 0 fully saturated rings. The number of aromatic nitrogens is 1. The van der Waals surface area contributed by atoms with Crippen LogP contribution >= 0.6 is 11.3 Å². The number of nitrogens with one attached hydrogen (secondary N) is 1. The first-order chi connectivity index (χ1) is 9.70. The largest absolute Gasteiger partial charge is 0.378 e. The number of nitro groups is 1. The van der Waals surface area contributed by atoms with Gasteiger partial charge in [-0.1, -0.05) is 0 Å². The van der Waals surface area contributed by atoms with Gasteiger partial charge in [0.25, 0.3) is 5.69 Å². The Morgan fingerprint density at radius 3 is 2.76 bits per heavy atom. The number of nitrogens with two attached hydrogens (primary N) is 1. The van der Waals surface area contributed by atoms with E-state index >= 15 is 0 Å². The van der Waals surface area contributed by atoms with E-state index in [1.807, 2.05) is 6.92 Å². The van der Waals surface area contributed by atoms with Crippen LogP contribution in [0.5, 0.6) is 0 Å². The quantitative estimate of drug-likeness (QED) is 0.651. The van der Waals surface area contributed by atoms with E-state index in [0.29, 0.717) is 11.2 Å². The van der Waals surface area contributed by atoms with Crippen molar-refractivity contribution in [1.29, 1.82) is 0 Å². The lowest BCUT2D eigenvalue weighted by atomic mass is 9.92. The number of benzene rings is 1. The van der Waals surface area contributed by atoms with Gasteiger partial charge < -0.3 is 11.1 Å². The molecule has 0 aliphatic rings. The topological polar surface area (TPSA) is 111 Å². The highest BCUT2D eigenvalue weighted by Gasteiger charge is 2.26. The molecule has 0 unspecified atom stereocenters. The molecule has 0 aliphatic heterocycles. The van der Waals surface area contributed by atoms with Crippen molar-refractivity contribution < 1.29 is 9.72 Å². The second kappa shape index (κ2) is 5.28. The number of nitrogens with zero attached hydrogens (tertiary/aromatic N) is 2. The number of nitro benzene ring substituents is 1. The number of anilines is 1. The molecule has 0 saturated carbocycles. The zero-order valence-corrected chi connectivity index (χ0v) is 12.8. The molecule has 1 aromatic carbocycles. The minimum absolute atomic E-state index is 0.0357. The van der Waals surface area contributed by atoms with Crippen LogP contribution < -0.4 is 11.1 Å². The first-order valence-corrected chi connectivity index (χ1v) is 7.12. The summed E-state index contributed by atoms with van der Waals surface area (Å²) in [6.45, 7) is 5.41. The zero-order valence-electron chi connectivity index (χ0n) is 12.0.